The van der Waals surface area contributed by atoms with Crippen LogP contribution in [0.5, 0.6) is 0 Å². The number of piperazine rings is 1. The molecule has 0 spiro atoms. The molecule has 1 saturated heterocycles. The smallest absolute Gasteiger partial charge is 0.0916 e. The summed E-state index contributed by atoms with van der Waals surface area (Å²) >= 11 is 0. The van der Waals surface area contributed by atoms with Crippen LogP contribution in [0.1, 0.15) is 59.3 Å². The number of nitrogens with zero attached hydrogens (tertiary/aromatic N) is 2. The molecule has 0 atom stereocenters. The second-order valence-corrected chi connectivity index (χ2v) is 6.14. The molecule has 0 bridgehead atoms. The van der Waals surface area contributed by atoms with Crippen LogP contribution in [0.4, 0.5) is 0 Å². The Kier molecular flexibility index (Phi) is 7.92. The van der Waals surface area contributed by atoms with Gasteiger partial charge in [0.1, 0.15) is 0 Å². The molecular formula is C16H35N2+. The fraction of sp³-hybridized carbons (Fsp3) is 1.00. The molecule has 0 aromatic heterocycles. The van der Waals surface area contributed by atoms with Gasteiger partial charge < -0.3 is 4.48 Å². The summed E-state index contributed by atoms with van der Waals surface area (Å²) in [6, 6.07) is 0. The van der Waals surface area contributed by atoms with Crippen LogP contribution in [0.25, 0.3) is 0 Å². The van der Waals surface area contributed by atoms with E-state index >= 15 is 0 Å². The quantitative estimate of drug-likeness (QED) is 0.570. The van der Waals surface area contributed by atoms with Crippen molar-refractivity contribution < 1.29 is 4.48 Å². The van der Waals surface area contributed by atoms with Gasteiger partial charge >= 0.3 is 0 Å². The van der Waals surface area contributed by atoms with Crippen molar-refractivity contribution in [2.45, 2.75) is 59.3 Å². The van der Waals surface area contributed by atoms with Gasteiger partial charge in [-0.1, -0.05) is 40.0 Å². The van der Waals surface area contributed by atoms with E-state index in [1.54, 1.807) is 0 Å². The Morgan fingerprint density at radius 1 is 0.778 bits per heavy atom. The lowest BCUT2D eigenvalue weighted by molar-refractivity contribution is -0.932. The van der Waals surface area contributed by atoms with Gasteiger partial charge in [-0.05, 0) is 25.8 Å². The van der Waals surface area contributed by atoms with Gasteiger partial charge in [0, 0.05) is 13.1 Å². The molecule has 1 aliphatic heterocycles. The molecular weight excluding hydrogens is 220 g/mol. The second kappa shape index (κ2) is 8.92. The topological polar surface area (TPSA) is 3.24 Å². The average molecular weight is 255 g/mol. The van der Waals surface area contributed by atoms with Crippen molar-refractivity contribution in [2.24, 2.45) is 0 Å². The molecule has 0 unspecified atom stereocenters. The Morgan fingerprint density at radius 3 is 1.72 bits per heavy atom. The van der Waals surface area contributed by atoms with E-state index in [0.717, 1.165) is 0 Å². The first-order valence-corrected chi connectivity index (χ1v) is 8.33. The normalized spacial score (nSPS) is 20.2. The van der Waals surface area contributed by atoms with Gasteiger partial charge in [-0.3, -0.25) is 4.90 Å². The molecule has 2 nitrogen and oxygen atoms in total. The van der Waals surface area contributed by atoms with Crippen LogP contribution in [0.15, 0.2) is 0 Å². The van der Waals surface area contributed by atoms with Crippen LogP contribution >= 0.6 is 0 Å². The highest BCUT2D eigenvalue weighted by molar-refractivity contribution is 4.64. The first kappa shape index (κ1) is 16.0. The predicted molar refractivity (Wildman–Crippen MR) is 80.9 cm³/mol. The van der Waals surface area contributed by atoms with E-state index in [0.29, 0.717) is 0 Å². The third-order valence-electron chi connectivity index (χ3n) is 4.58. The van der Waals surface area contributed by atoms with Gasteiger partial charge in [0.25, 0.3) is 0 Å². The van der Waals surface area contributed by atoms with E-state index < -0.39 is 0 Å². The summed E-state index contributed by atoms with van der Waals surface area (Å²) < 4.78 is 1.42. The Hall–Kier alpha value is -0.0800. The Labute approximate surface area is 115 Å². The third-order valence-corrected chi connectivity index (χ3v) is 4.58. The van der Waals surface area contributed by atoms with Gasteiger partial charge in [-0.15, -0.1) is 0 Å². The highest BCUT2D eigenvalue weighted by atomic mass is 15.4. The van der Waals surface area contributed by atoms with Crippen LogP contribution in [0.2, 0.25) is 0 Å². The monoisotopic (exact) mass is 255 g/mol. The highest BCUT2D eigenvalue weighted by Gasteiger charge is 2.31. The molecule has 0 amide bonds. The second-order valence-electron chi connectivity index (χ2n) is 6.14. The van der Waals surface area contributed by atoms with Gasteiger partial charge in [-0.2, -0.15) is 0 Å². The maximum Gasteiger partial charge on any atom is 0.0916 e. The predicted octanol–water partition coefficient (Wildman–Crippen LogP) is 3.52. The Balaban J connectivity index is 2.39. The number of hydrogen-bond donors (Lipinski definition) is 0. The molecule has 0 aromatic rings. The summed E-state index contributed by atoms with van der Waals surface area (Å²) in [4.78, 5) is 2.69. The Morgan fingerprint density at radius 2 is 1.28 bits per heavy atom. The van der Waals surface area contributed by atoms with E-state index in [4.69, 9.17) is 0 Å². The van der Waals surface area contributed by atoms with E-state index in [1.165, 1.54) is 88.8 Å². The SMILES string of the molecule is CCCCN1CC[N+](CCCC)(CCCC)CC1. The summed E-state index contributed by atoms with van der Waals surface area (Å²) in [5.74, 6) is 0. The molecule has 108 valence electrons. The van der Waals surface area contributed by atoms with Crippen molar-refractivity contribution in [2.75, 3.05) is 45.8 Å². The largest absolute Gasteiger partial charge is 0.321 e. The minimum Gasteiger partial charge on any atom is -0.321 e. The summed E-state index contributed by atoms with van der Waals surface area (Å²) in [7, 11) is 0. The van der Waals surface area contributed by atoms with E-state index in [2.05, 4.69) is 25.7 Å². The average Bonchev–Trinajstić information content (AvgIpc) is 2.42. The third kappa shape index (κ3) is 5.27. The fourth-order valence-corrected chi connectivity index (χ4v) is 3.08. The van der Waals surface area contributed by atoms with Crippen molar-refractivity contribution in [1.29, 1.82) is 0 Å². The number of rotatable bonds is 9. The maximum absolute atomic E-state index is 2.69. The van der Waals surface area contributed by atoms with Crippen LogP contribution in [0.3, 0.4) is 0 Å². The zero-order chi connectivity index (χ0) is 13.3. The van der Waals surface area contributed by atoms with Crippen molar-refractivity contribution in [3.63, 3.8) is 0 Å². The molecule has 0 saturated carbocycles. The van der Waals surface area contributed by atoms with Crippen LogP contribution in [-0.4, -0.2) is 55.2 Å². The van der Waals surface area contributed by atoms with Gasteiger partial charge in [0.05, 0.1) is 26.2 Å². The fourth-order valence-electron chi connectivity index (χ4n) is 3.08. The number of unbranched alkanes of at least 4 members (excludes halogenated alkanes) is 3. The molecule has 1 heterocycles. The van der Waals surface area contributed by atoms with Gasteiger partial charge in [0.2, 0.25) is 0 Å². The van der Waals surface area contributed by atoms with Crippen LogP contribution < -0.4 is 0 Å². The molecule has 2 heteroatoms. The molecule has 0 aromatic carbocycles. The Bertz CT molecular complexity index is 185. The number of hydrogen-bond acceptors (Lipinski definition) is 1. The molecule has 18 heavy (non-hydrogen) atoms. The zero-order valence-electron chi connectivity index (χ0n) is 13.1. The molecule has 1 aliphatic rings. The lowest BCUT2D eigenvalue weighted by atomic mass is 10.1. The van der Waals surface area contributed by atoms with Crippen LogP contribution in [-0.2, 0) is 0 Å². The zero-order valence-corrected chi connectivity index (χ0v) is 13.1. The van der Waals surface area contributed by atoms with Gasteiger partial charge in [0.15, 0.2) is 0 Å². The van der Waals surface area contributed by atoms with E-state index in [9.17, 15) is 0 Å². The molecule has 1 rings (SSSR count). The summed E-state index contributed by atoms with van der Waals surface area (Å²) in [5.41, 5.74) is 0. The lowest BCUT2D eigenvalue weighted by Gasteiger charge is -2.45. The first-order valence-electron chi connectivity index (χ1n) is 8.33. The lowest BCUT2D eigenvalue weighted by Crippen LogP contribution is -2.60. The minimum atomic E-state index is 1.33. The summed E-state index contributed by atoms with van der Waals surface area (Å²) in [6.07, 6.45) is 8.25. The maximum atomic E-state index is 2.69. The molecule has 0 N–H and O–H groups in total. The standard InChI is InChI=1S/C16H35N2/c1-4-7-10-17-11-15-18(16-12-17,13-8-5-2)14-9-6-3/h4-16H2,1-3H3/q+1. The van der Waals surface area contributed by atoms with E-state index in [-0.39, 0.29) is 0 Å². The van der Waals surface area contributed by atoms with Crippen molar-refractivity contribution in [3.05, 3.63) is 0 Å². The number of quaternary nitrogens is 1. The molecule has 0 aliphatic carbocycles. The van der Waals surface area contributed by atoms with Crippen molar-refractivity contribution >= 4 is 0 Å². The van der Waals surface area contributed by atoms with Gasteiger partial charge in [-0.25, -0.2) is 0 Å². The van der Waals surface area contributed by atoms with E-state index in [1.807, 2.05) is 0 Å². The van der Waals surface area contributed by atoms with Crippen molar-refractivity contribution in [1.82, 2.24) is 4.90 Å². The molecule has 1 fully saturated rings. The summed E-state index contributed by atoms with van der Waals surface area (Å²) in [5, 5.41) is 0. The first-order chi connectivity index (χ1) is 8.76. The highest BCUT2D eigenvalue weighted by Crippen LogP contribution is 2.17. The van der Waals surface area contributed by atoms with Crippen LogP contribution in [0, 0.1) is 0 Å². The van der Waals surface area contributed by atoms with Crippen molar-refractivity contribution in [3.8, 4) is 0 Å². The molecule has 0 radical (unpaired) electrons. The minimum absolute atomic E-state index is 1.33. The summed E-state index contributed by atoms with van der Waals surface area (Å²) in [6.45, 7) is 16.6.